The average molecular weight is 198 g/mol. The van der Waals surface area contributed by atoms with Gasteiger partial charge < -0.3 is 4.74 Å². The molecule has 1 fully saturated rings. The summed E-state index contributed by atoms with van der Waals surface area (Å²) in [4.78, 5) is 10.9. The summed E-state index contributed by atoms with van der Waals surface area (Å²) in [6.07, 6.45) is 3.61. The lowest BCUT2D eigenvalue weighted by Crippen LogP contribution is -2.35. The second-order valence-electron chi connectivity index (χ2n) is 4.97. The maximum absolute atomic E-state index is 10.9. The third kappa shape index (κ3) is 3.00. The molecule has 0 saturated heterocycles. The molecule has 0 amide bonds. The van der Waals surface area contributed by atoms with Gasteiger partial charge in [-0.15, -0.1) is 0 Å². The van der Waals surface area contributed by atoms with Crippen LogP contribution in [0.5, 0.6) is 0 Å². The summed E-state index contributed by atoms with van der Waals surface area (Å²) >= 11 is 0. The second-order valence-corrected chi connectivity index (χ2v) is 4.97. The first kappa shape index (κ1) is 11.5. The summed E-state index contributed by atoms with van der Waals surface area (Å²) in [5, 5.41) is 0. The number of rotatable bonds is 2. The monoisotopic (exact) mass is 198 g/mol. The van der Waals surface area contributed by atoms with E-state index in [1.54, 1.807) is 0 Å². The highest BCUT2D eigenvalue weighted by Crippen LogP contribution is 2.35. The fraction of sp³-hybridized carbons (Fsp3) is 0.917. The van der Waals surface area contributed by atoms with E-state index in [1.807, 2.05) is 0 Å². The molecular weight excluding hydrogens is 176 g/mol. The molecular formula is C12H22O2. The molecule has 0 spiro atoms. The lowest BCUT2D eigenvalue weighted by atomic mass is 9.75. The molecule has 1 rings (SSSR count). The largest absolute Gasteiger partial charge is 0.462 e. The maximum Gasteiger partial charge on any atom is 0.302 e. The van der Waals surface area contributed by atoms with Gasteiger partial charge in [0.2, 0.25) is 0 Å². The van der Waals surface area contributed by atoms with E-state index < -0.39 is 0 Å². The minimum atomic E-state index is -0.129. The van der Waals surface area contributed by atoms with E-state index >= 15 is 0 Å². The van der Waals surface area contributed by atoms with E-state index in [4.69, 9.17) is 4.74 Å². The highest BCUT2D eigenvalue weighted by molar-refractivity contribution is 5.66. The van der Waals surface area contributed by atoms with Crippen molar-refractivity contribution in [1.29, 1.82) is 0 Å². The van der Waals surface area contributed by atoms with E-state index in [0.29, 0.717) is 11.8 Å². The summed E-state index contributed by atoms with van der Waals surface area (Å²) in [7, 11) is 0. The maximum atomic E-state index is 10.9. The van der Waals surface area contributed by atoms with Gasteiger partial charge in [-0.25, -0.2) is 0 Å². The number of carbonyl (C=O) groups excluding carboxylic acids is 1. The molecule has 2 nitrogen and oxygen atoms in total. The first-order valence-corrected chi connectivity index (χ1v) is 5.68. The standard InChI is InChI=1S/C12H22O2/c1-8(2)11-7-9(3)5-6-12(11)14-10(4)13/h8-9,11-12H,5-7H2,1-4H3. The van der Waals surface area contributed by atoms with Crippen molar-refractivity contribution in [3.05, 3.63) is 0 Å². The Morgan fingerprint density at radius 3 is 2.50 bits per heavy atom. The molecule has 0 heterocycles. The smallest absolute Gasteiger partial charge is 0.302 e. The van der Waals surface area contributed by atoms with Gasteiger partial charge in [0.15, 0.2) is 0 Å². The Morgan fingerprint density at radius 2 is 2.00 bits per heavy atom. The Balaban J connectivity index is 2.58. The first-order valence-electron chi connectivity index (χ1n) is 5.68. The van der Waals surface area contributed by atoms with Crippen molar-refractivity contribution < 1.29 is 9.53 Å². The van der Waals surface area contributed by atoms with Crippen LogP contribution >= 0.6 is 0 Å². The molecule has 1 saturated carbocycles. The quantitative estimate of drug-likeness (QED) is 0.637. The zero-order chi connectivity index (χ0) is 10.7. The van der Waals surface area contributed by atoms with Crippen LogP contribution in [0.2, 0.25) is 0 Å². The van der Waals surface area contributed by atoms with Crippen LogP contribution in [0.15, 0.2) is 0 Å². The van der Waals surface area contributed by atoms with Crippen molar-refractivity contribution in [2.75, 3.05) is 0 Å². The summed E-state index contributed by atoms with van der Waals surface area (Å²) in [6, 6.07) is 0. The van der Waals surface area contributed by atoms with Crippen LogP contribution in [-0.4, -0.2) is 12.1 Å². The van der Waals surface area contributed by atoms with Crippen molar-refractivity contribution in [3.8, 4) is 0 Å². The lowest BCUT2D eigenvalue weighted by molar-refractivity contribution is -0.152. The average Bonchev–Trinajstić information content (AvgIpc) is 2.07. The molecule has 0 N–H and O–H groups in total. The number of esters is 1. The third-order valence-electron chi connectivity index (χ3n) is 3.27. The summed E-state index contributed by atoms with van der Waals surface area (Å²) < 4.78 is 5.37. The van der Waals surface area contributed by atoms with Crippen LogP contribution < -0.4 is 0 Å². The van der Waals surface area contributed by atoms with Gasteiger partial charge in [-0.05, 0) is 37.0 Å². The van der Waals surface area contributed by atoms with Crippen LogP contribution in [0.25, 0.3) is 0 Å². The molecule has 14 heavy (non-hydrogen) atoms. The zero-order valence-corrected chi connectivity index (χ0v) is 9.75. The summed E-state index contributed by atoms with van der Waals surface area (Å²) in [6.45, 7) is 8.24. The molecule has 0 aromatic rings. The van der Waals surface area contributed by atoms with Crippen LogP contribution in [0.3, 0.4) is 0 Å². The molecule has 3 unspecified atom stereocenters. The molecule has 0 bridgehead atoms. The third-order valence-corrected chi connectivity index (χ3v) is 3.27. The molecule has 0 aromatic heterocycles. The summed E-state index contributed by atoms with van der Waals surface area (Å²) in [5.41, 5.74) is 0. The normalized spacial score (nSPS) is 33.1. The SMILES string of the molecule is CC(=O)OC1CCC(C)CC1C(C)C. The Bertz CT molecular complexity index is 198. The van der Waals surface area contributed by atoms with E-state index in [0.717, 1.165) is 12.3 Å². The minimum absolute atomic E-state index is 0.129. The van der Waals surface area contributed by atoms with Gasteiger partial charge in [-0.3, -0.25) is 4.79 Å². The fourth-order valence-electron chi connectivity index (χ4n) is 2.46. The van der Waals surface area contributed by atoms with Crippen LogP contribution in [0.1, 0.15) is 47.0 Å². The van der Waals surface area contributed by atoms with E-state index in [1.165, 1.54) is 19.8 Å². The molecule has 1 aliphatic rings. The number of hydrogen-bond acceptors (Lipinski definition) is 2. The molecule has 1 aliphatic carbocycles. The van der Waals surface area contributed by atoms with Crippen molar-refractivity contribution in [1.82, 2.24) is 0 Å². The summed E-state index contributed by atoms with van der Waals surface area (Å²) in [5.74, 6) is 1.83. The molecule has 0 aromatic carbocycles. The molecule has 82 valence electrons. The molecule has 2 heteroatoms. The topological polar surface area (TPSA) is 26.3 Å². The predicted octanol–water partition coefficient (Wildman–Crippen LogP) is 3.01. The van der Waals surface area contributed by atoms with Gasteiger partial charge in [0.1, 0.15) is 6.10 Å². The Labute approximate surface area is 87.0 Å². The van der Waals surface area contributed by atoms with Gasteiger partial charge in [0, 0.05) is 6.92 Å². The molecule has 0 aliphatic heterocycles. The van der Waals surface area contributed by atoms with Gasteiger partial charge in [0.05, 0.1) is 0 Å². The van der Waals surface area contributed by atoms with Gasteiger partial charge >= 0.3 is 5.97 Å². The first-order chi connectivity index (χ1) is 6.50. The highest BCUT2D eigenvalue weighted by Gasteiger charge is 2.32. The Hall–Kier alpha value is -0.530. The fourth-order valence-corrected chi connectivity index (χ4v) is 2.46. The van der Waals surface area contributed by atoms with Crippen molar-refractivity contribution >= 4 is 5.97 Å². The van der Waals surface area contributed by atoms with E-state index in [2.05, 4.69) is 20.8 Å². The van der Waals surface area contributed by atoms with Crippen LogP contribution in [0.4, 0.5) is 0 Å². The van der Waals surface area contributed by atoms with E-state index in [-0.39, 0.29) is 12.1 Å². The Morgan fingerprint density at radius 1 is 1.36 bits per heavy atom. The van der Waals surface area contributed by atoms with Crippen LogP contribution in [0, 0.1) is 17.8 Å². The van der Waals surface area contributed by atoms with Gasteiger partial charge in [0.25, 0.3) is 0 Å². The lowest BCUT2D eigenvalue weighted by Gasteiger charge is -2.36. The molecule has 0 radical (unpaired) electrons. The van der Waals surface area contributed by atoms with E-state index in [9.17, 15) is 4.79 Å². The number of hydrogen-bond donors (Lipinski definition) is 0. The number of ether oxygens (including phenoxy) is 1. The zero-order valence-electron chi connectivity index (χ0n) is 9.75. The second kappa shape index (κ2) is 4.81. The Kier molecular flexibility index (Phi) is 3.97. The van der Waals surface area contributed by atoms with Crippen molar-refractivity contribution in [2.45, 2.75) is 53.1 Å². The van der Waals surface area contributed by atoms with Crippen molar-refractivity contribution in [2.24, 2.45) is 17.8 Å². The highest BCUT2D eigenvalue weighted by atomic mass is 16.5. The predicted molar refractivity (Wildman–Crippen MR) is 56.9 cm³/mol. The molecule has 3 atom stereocenters. The van der Waals surface area contributed by atoms with Crippen molar-refractivity contribution in [3.63, 3.8) is 0 Å². The van der Waals surface area contributed by atoms with Gasteiger partial charge in [-0.1, -0.05) is 20.8 Å². The minimum Gasteiger partial charge on any atom is -0.462 e. The van der Waals surface area contributed by atoms with Gasteiger partial charge in [-0.2, -0.15) is 0 Å². The van der Waals surface area contributed by atoms with Crippen LogP contribution in [-0.2, 0) is 9.53 Å². The number of carbonyl (C=O) groups is 1.